The summed E-state index contributed by atoms with van der Waals surface area (Å²) in [5.74, 6) is -0.807. The van der Waals surface area contributed by atoms with Gasteiger partial charge in [0.25, 0.3) is 0 Å². The van der Waals surface area contributed by atoms with Gasteiger partial charge in [-0.15, -0.1) is 12.4 Å². The molecular formula is C16H24ClFN2O3S. The first kappa shape index (κ1) is 20.9. The summed E-state index contributed by atoms with van der Waals surface area (Å²) in [6.07, 6.45) is 1.93. The van der Waals surface area contributed by atoms with E-state index in [1.54, 1.807) is 25.1 Å². The summed E-state index contributed by atoms with van der Waals surface area (Å²) >= 11 is 0. The Morgan fingerprint density at radius 2 is 1.92 bits per heavy atom. The monoisotopic (exact) mass is 378 g/mol. The topological polar surface area (TPSA) is 75.3 Å². The molecule has 1 amide bonds. The summed E-state index contributed by atoms with van der Waals surface area (Å²) in [4.78, 5) is 12.6. The molecule has 0 aromatic heterocycles. The Labute approximate surface area is 148 Å². The van der Waals surface area contributed by atoms with E-state index in [1.807, 2.05) is 0 Å². The zero-order valence-corrected chi connectivity index (χ0v) is 15.5. The largest absolute Gasteiger partial charge is 0.352 e. The number of benzene rings is 1. The molecule has 1 atom stereocenters. The molecule has 1 unspecified atom stereocenters. The summed E-state index contributed by atoms with van der Waals surface area (Å²) in [7, 11) is -3.54. The Balaban J connectivity index is 0.00000288. The Bertz CT molecular complexity index is 676. The molecule has 0 bridgehead atoms. The maximum atomic E-state index is 13.7. The predicted molar refractivity (Wildman–Crippen MR) is 94.6 cm³/mol. The summed E-state index contributed by atoms with van der Waals surface area (Å²) in [5, 5.41) is 5.83. The number of hydrogen-bond donors (Lipinski definition) is 2. The van der Waals surface area contributed by atoms with Crippen molar-refractivity contribution in [1.82, 2.24) is 10.6 Å². The van der Waals surface area contributed by atoms with Gasteiger partial charge in [0.2, 0.25) is 5.91 Å². The van der Waals surface area contributed by atoms with Gasteiger partial charge in [-0.1, -0.05) is 18.2 Å². The highest BCUT2D eigenvalue weighted by atomic mass is 35.5. The number of carbonyl (C=O) groups is 1. The maximum Gasteiger partial charge on any atom is 0.241 e. The van der Waals surface area contributed by atoms with Crippen LogP contribution in [0.1, 0.15) is 25.3 Å². The summed E-state index contributed by atoms with van der Waals surface area (Å²) in [6.45, 7) is 2.73. The first-order valence-electron chi connectivity index (χ1n) is 7.71. The number of nitrogens with one attached hydrogen (secondary N) is 2. The van der Waals surface area contributed by atoms with Crippen LogP contribution in [0.2, 0.25) is 0 Å². The number of piperidine rings is 1. The molecule has 2 N–H and O–H groups in total. The highest BCUT2D eigenvalue weighted by molar-refractivity contribution is 7.92. The molecular weight excluding hydrogens is 355 g/mol. The average Bonchev–Trinajstić information content (AvgIpc) is 2.49. The van der Waals surface area contributed by atoms with Crippen LogP contribution >= 0.6 is 12.4 Å². The molecule has 0 aliphatic carbocycles. The van der Waals surface area contributed by atoms with Crippen LogP contribution in [-0.4, -0.2) is 44.5 Å². The van der Waals surface area contributed by atoms with E-state index in [0.717, 1.165) is 6.26 Å². The lowest BCUT2D eigenvalue weighted by Crippen LogP contribution is -2.58. The number of hydrogen-bond acceptors (Lipinski definition) is 4. The molecule has 24 heavy (non-hydrogen) atoms. The van der Waals surface area contributed by atoms with Crippen molar-refractivity contribution in [2.45, 2.75) is 37.0 Å². The van der Waals surface area contributed by atoms with E-state index >= 15 is 0 Å². The second kappa shape index (κ2) is 8.27. The smallest absolute Gasteiger partial charge is 0.241 e. The molecule has 0 radical (unpaired) electrons. The molecule has 8 heteroatoms. The molecule has 2 rings (SSSR count). The molecule has 0 saturated carbocycles. The second-order valence-electron chi connectivity index (χ2n) is 6.19. The molecule has 136 valence electrons. The molecule has 1 fully saturated rings. The van der Waals surface area contributed by atoms with Crippen molar-refractivity contribution < 1.29 is 17.6 Å². The number of amides is 1. The first-order chi connectivity index (χ1) is 10.8. The Hall–Kier alpha value is -1.18. The fourth-order valence-corrected chi connectivity index (χ4v) is 4.34. The highest BCUT2D eigenvalue weighted by Gasteiger charge is 2.48. The van der Waals surface area contributed by atoms with Crippen LogP contribution < -0.4 is 10.6 Å². The second-order valence-corrected chi connectivity index (χ2v) is 8.51. The molecule has 5 nitrogen and oxygen atoms in total. The van der Waals surface area contributed by atoms with Crippen LogP contribution in [0.3, 0.4) is 0 Å². The normalized spacial score (nSPS) is 18.3. The van der Waals surface area contributed by atoms with E-state index in [9.17, 15) is 17.6 Å². The zero-order chi connectivity index (χ0) is 17.1. The van der Waals surface area contributed by atoms with Crippen LogP contribution in [0.5, 0.6) is 0 Å². The minimum atomic E-state index is -3.54. The van der Waals surface area contributed by atoms with Crippen molar-refractivity contribution in [3.63, 3.8) is 0 Å². The van der Waals surface area contributed by atoms with Crippen LogP contribution in [0.4, 0.5) is 4.39 Å². The number of halogens is 2. The summed E-state index contributed by atoms with van der Waals surface area (Å²) in [5.41, 5.74) is 0.499. The van der Waals surface area contributed by atoms with E-state index in [2.05, 4.69) is 10.6 Å². The quantitative estimate of drug-likeness (QED) is 0.813. The minimum Gasteiger partial charge on any atom is -0.352 e. The minimum absolute atomic E-state index is 0. The third-order valence-corrected chi connectivity index (χ3v) is 6.41. The number of rotatable bonds is 5. The van der Waals surface area contributed by atoms with Gasteiger partial charge in [-0.25, -0.2) is 12.8 Å². The summed E-state index contributed by atoms with van der Waals surface area (Å²) in [6, 6.07) is 6.02. The van der Waals surface area contributed by atoms with E-state index in [0.29, 0.717) is 25.1 Å². The average molecular weight is 379 g/mol. The van der Waals surface area contributed by atoms with E-state index < -0.39 is 20.5 Å². The molecule has 1 aliphatic rings. The highest BCUT2D eigenvalue weighted by Crippen LogP contribution is 2.28. The van der Waals surface area contributed by atoms with E-state index in [1.165, 1.54) is 6.07 Å². The molecule has 1 aliphatic heterocycles. The van der Waals surface area contributed by atoms with Crippen molar-refractivity contribution in [3.8, 4) is 0 Å². The molecule has 1 saturated heterocycles. The van der Waals surface area contributed by atoms with E-state index in [-0.39, 0.29) is 37.1 Å². The fourth-order valence-electron chi connectivity index (χ4n) is 3.00. The van der Waals surface area contributed by atoms with Crippen LogP contribution in [0, 0.1) is 5.82 Å². The van der Waals surface area contributed by atoms with Gasteiger partial charge in [-0.2, -0.15) is 0 Å². The van der Waals surface area contributed by atoms with Gasteiger partial charge in [-0.05, 0) is 50.9 Å². The third-order valence-electron chi connectivity index (χ3n) is 4.40. The van der Waals surface area contributed by atoms with E-state index in [4.69, 9.17) is 0 Å². The van der Waals surface area contributed by atoms with Gasteiger partial charge in [-0.3, -0.25) is 4.79 Å². The van der Waals surface area contributed by atoms with Crippen molar-refractivity contribution in [1.29, 1.82) is 0 Å². The predicted octanol–water partition coefficient (Wildman–Crippen LogP) is 1.46. The lowest BCUT2D eigenvalue weighted by atomic mass is 9.95. The van der Waals surface area contributed by atoms with Crippen molar-refractivity contribution in [2.75, 3.05) is 19.3 Å². The van der Waals surface area contributed by atoms with Crippen LogP contribution in [0.25, 0.3) is 0 Å². The maximum absolute atomic E-state index is 13.7. The van der Waals surface area contributed by atoms with Crippen LogP contribution in [0.15, 0.2) is 24.3 Å². The molecule has 1 aromatic rings. The van der Waals surface area contributed by atoms with Crippen molar-refractivity contribution in [3.05, 3.63) is 35.6 Å². The third kappa shape index (κ3) is 4.46. The molecule has 1 heterocycles. The standard InChI is InChI=1S/C16H23FN2O3S.ClH/c1-12(11-13-5-3-4-6-14(13)17)19-15(20)16(23(2,21)22)7-9-18-10-8-16;/h3-6,12,18H,7-11H2,1-2H3,(H,19,20);1H. The number of sulfone groups is 1. The number of carbonyl (C=O) groups excluding carboxylic acids is 1. The van der Waals surface area contributed by atoms with Gasteiger partial charge in [0.05, 0.1) is 0 Å². The SMILES string of the molecule is CC(Cc1ccccc1F)NC(=O)C1(S(C)(=O)=O)CCNCC1.Cl. The first-order valence-corrected chi connectivity index (χ1v) is 9.60. The van der Waals surface area contributed by atoms with Crippen LogP contribution in [-0.2, 0) is 21.1 Å². The van der Waals surface area contributed by atoms with Crippen molar-refractivity contribution in [2.24, 2.45) is 0 Å². The lowest BCUT2D eigenvalue weighted by molar-refractivity contribution is -0.124. The van der Waals surface area contributed by atoms with Gasteiger partial charge in [0.1, 0.15) is 5.82 Å². The Morgan fingerprint density at radius 3 is 2.46 bits per heavy atom. The Morgan fingerprint density at radius 1 is 1.33 bits per heavy atom. The molecule has 1 aromatic carbocycles. The lowest BCUT2D eigenvalue weighted by Gasteiger charge is -2.35. The zero-order valence-electron chi connectivity index (χ0n) is 13.8. The summed E-state index contributed by atoms with van der Waals surface area (Å²) < 4.78 is 36.7. The van der Waals surface area contributed by atoms with Gasteiger partial charge in [0, 0.05) is 12.3 Å². The Kier molecular flexibility index (Phi) is 7.19. The van der Waals surface area contributed by atoms with Gasteiger partial charge in [0.15, 0.2) is 14.6 Å². The fraction of sp³-hybridized carbons (Fsp3) is 0.562. The van der Waals surface area contributed by atoms with Gasteiger partial charge >= 0.3 is 0 Å². The van der Waals surface area contributed by atoms with Gasteiger partial charge < -0.3 is 10.6 Å². The molecule has 0 spiro atoms. The van der Waals surface area contributed by atoms with Crippen molar-refractivity contribution >= 4 is 28.2 Å².